The first kappa shape index (κ1) is 24.6. The Morgan fingerprint density at radius 3 is 2.63 bits per heavy atom. The first-order chi connectivity index (χ1) is 16.9. The Labute approximate surface area is 204 Å². The van der Waals surface area contributed by atoms with Crippen molar-refractivity contribution in [2.75, 3.05) is 14.2 Å². The summed E-state index contributed by atoms with van der Waals surface area (Å²) >= 11 is 0. The monoisotopic (exact) mass is 479 g/mol. The topological polar surface area (TPSA) is 83.9 Å². The molecule has 1 saturated carbocycles. The molecule has 1 aliphatic carbocycles. The SMILES string of the molecule is COc1ccc(CN(C)[C@@H]2[C@@H](O)[C@H](Oc3cccc(F)c3)C[C@H]2NC(=O)Cc2cccnc2)cc1. The summed E-state index contributed by atoms with van der Waals surface area (Å²) in [5, 5.41) is 14.3. The zero-order chi connectivity index (χ0) is 24.8. The second kappa shape index (κ2) is 11.3. The van der Waals surface area contributed by atoms with E-state index in [0.717, 1.165) is 16.9 Å². The Hall–Kier alpha value is -3.49. The predicted octanol–water partition coefficient (Wildman–Crippen LogP) is 2.97. The van der Waals surface area contributed by atoms with Crippen LogP contribution in [-0.4, -0.2) is 59.3 Å². The number of pyridine rings is 1. The van der Waals surface area contributed by atoms with Crippen LogP contribution in [0.4, 0.5) is 4.39 Å². The minimum Gasteiger partial charge on any atom is -0.497 e. The summed E-state index contributed by atoms with van der Waals surface area (Å²) in [6.07, 6.45) is 2.38. The fraction of sp³-hybridized carbons (Fsp3) is 0.333. The number of likely N-dealkylation sites (N-methyl/N-ethyl adjacent to an activating group) is 1. The van der Waals surface area contributed by atoms with Gasteiger partial charge in [0.2, 0.25) is 5.91 Å². The number of hydrogen-bond donors (Lipinski definition) is 2. The molecule has 1 amide bonds. The van der Waals surface area contributed by atoms with Crippen LogP contribution in [0.25, 0.3) is 0 Å². The van der Waals surface area contributed by atoms with Crippen molar-refractivity contribution in [3.05, 3.63) is 90.0 Å². The number of carbonyl (C=O) groups excluding carboxylic acids is 1. The molecule has 0 spiro atoms. The van der Waals surface area contributed by atoms with Gasteiger partial charge in [-0.3, -0.25) is 14.7 Å². The molecule has 0 saturated heterocycles. The van der Waals surface area contributed by atoms with Gasteiger partial charge in [0, 0.05) is 31.4 Å². The first-order valence-corrected chi connectivity index (χ1v) is 11.5. The molecule has 1 heterocycles. The molecular formula is C27H30FN3O4. The van der Waals surface area contributed by atoms with Crippen LogP contribution in [0.2, 0.25) is 0 Å². The lowest BCUT2D eigenvalue weighted by Crippen LogP contribution is -2.52. The summed E-state index contributed by atoms with van der Waals surface area (Å²) in [4.78, 5) is 18.9. The number of amides is 1. The van der Waals surface area contributed by atoms with E-state index in [1.54, 1.807) is 37.7 Å². The molecule has 2 aromatic carbocycles. The Morgan fingerprint density at radius 1 is 1.14 bits per heavy atom. The predicted molar refractivity (Wildman–Crippen MR) is 130 cm³/mol. The highest BCUT2D eigenvalue weighted by Gasteiger charge is 2.46. The van der Waals surface area contributed by atoms with E-state index in [0.29, 0.717) is 18.7 Å². The average molecular weight is 480 g/mol. The van der Waals surface area contributed by atoms with Gasteiger partial charge in [-0.15, -0.1) is 0 Å². The van der Waals surface area contributed by atoms with E-state index in [4.69, 9.17) is 9.47 Å². The lowest BCUT2D eigenvalue weighted by Gasteiger charge is -2.32. The highest BCUT2D eigenvalue weighted by Crippen LogP contribution is 2.30. The number of rotatable bonds is 9. The number of aliphatic hydroxyl groups is 1. The van der Waals surface area contributed by atoms with E-state index in [1.165, 1.54) is 12.1 Å². The van der Waals surface area contributed by atoms with Gasteiger partial charge in [-0.1, -0.05) is 24.3 Å². The largest absolute Gasteiger partial charge is 0.497 e. The van der Waals surface area contributed by atoms with Gasteiger partial charge < -0.3 is 19.9 Å². The van der Waals surface area contributed by atoms with E-state index < -0.39 is 24.1 Å². The quantitative estimate of drug-likeness (QED) is 0.491. The third-order valence-electron chi connectivity index (χ3n) is 6.25. The maximum Gasteiger partial charge on any atom is 0.224 e. The van der Waals surface area contributed by atoms with Gasteiger partial charge in [-0.05, 0) is 48.5 Å². The van der Waals surface area contributed by atoms with Gasteiger partial charge in [-0.25, -0.2) is 4.39 Å². The molecule has 4 atom stereocenters. The Balaban J connectivity index is 1.50. The number of nitrogens with zero attached hydrogens (tertiary/aromatic N) is 2. The number of hydrogen-bond acceptors (Lipinski definition) is 6. The van der Waals surface area contributed by atoms with E-state index in [2.05, 4.69) is 10.3 Å². The van der Waals surface area contributed by atoms with E-state index in [9.17, 15) is 14.3 Å². The number of methoxy groups -OCH3 is 1. The molecule has 7 nitrogen and oxygen atoms in total. The summed E-state index contributed by atoms with van der Waals surface area (Å²) in [7, 11) is 3.52. The molecule has 184 valence electrons. The molecular weight excluding hydrogens is 449 g/mol. The van der Waals surface area contributed by atoms with Crippen LogP contribution < -0.4 is 14.8 Å². The number of nitrogens with one attached hydrogen (secondary N) is 1. The summed E-state index contributed by atoms with van der Waals surface area (Å²) in [5.41, 5.74) is 1.84. The zero-order valence-corrected chi connectivity index (χ0v) is 19.8. The lowest BCUT2D eigenvalue weighted by molar-refractivity contribution is -0.121. The van der Waals surface area contributed by atoms with E-state index in [1.807, 2.05) is 42.3 Å². The molecule has 1 aliphatic rings. The molecule has 1 fully saturated rings. The van der Waals surface area contributed by atoms with E-state index >= 15 is 0 Å². The van der Waals surface area contributed by atoms with Crippen molar-refractivity contribution in [3.63, 3.8) is 0 Å². The molecule has 2 N–H and O–H groups in total. The van der Waals surface area contributed by atoms with Crippen LogP contribution in [0.1, 0.15) is 17.5 Å². The molecule has 0 bridgehead atoms. The third kappa shape index (κ3) is 6.35. The second-order valence-electron chi connectivity index (χ2n) is 8.81. The van der Waals surface area contributed by atoms with Gasteiger partial charge in [0.1, 0.15) is 29.5 Å². The molecule has 0 radical (unpaired) electrons. The van der Waals surface area contributed by atoms with Crippen LogP contribution in [0.5, 0.6) is 11.5 Å². The maximum atomic E-state index is 13.7. The molecule has 0 aliphatic heterocycles. The summed E-state index contributed by atoms with van der Waals surface area (Å²) in [6, 6.07) is 16.4. The molecule has 4 rings (SSSR count). The van der Waals surface area contributed by atoms with Crippen molar-refractivity contribution in [1.29, 1.82) is 0 Å². The number of carbonyl (C=O) groups is 1. The van der Waals surface area contributed by atoms with Gasteiger partial charge in [0.05, 0.1) is 25.6 Å². The van der Waals surface area contributed by atoms with Crippen molar-refractivity contribution in [2.24, 2.45) is 0 Å². The van der Waals surface area contributed by atoms with Gasteiger partial charge in [0.25, 0.3) is 0 Å². The average Bonchev–Trinajstić information content (AvgIpc) is 3.14. The van der Waals surface area contributed by atoms with Gasteiger partial charge in [0.15, 0.2) is 0 Å². The number of benzene rings is 2. The Morgan fingerprint density at radius 2 is 1.94 bits per heavy atom. The number of halogens is 1. The minimum absolute atomic E-state index is 0.163. The number of aromatic nitrogens is 1. The fourth-order valence-corrected chi connectivity index (χ4v) is 4.60. The van der Waals surface area contributed by atoms with Crippen molar-refractivity contribution in [1.82, 2.24) is 15.2 Å². The van der Waals surface area contributed by atoms with Crippen molar-refractivity contribution < 1.29 is 23.8 Å². The van der Waals surface area contributed by atoms with Gasteiger partial charge >= 0.3 is 0 Å². The fourth-order valence-electron chi connectivity index (χ4n) is 4.60. The summed E-state index contributed by atoms with van der Waals surface area (Å²) in [6.45, 7) is 0.549. The van der Waals surface area contributed by atoms with Crippen molar-refractivity contribution in [3.8, 4) is 11.5 Å². The highest BCUT2D eigenvalue weighted by atomic mass is 19.1. The normalized spacial score (nSPS) is 21.6. The standard InChI is InChI=1S/C27H30FN3O4/c1-31(17-18-8-10-21(34-2)11-9-18)26-23(30-25(32)13-19-5-4-12-29-16-19)15-24(27(26)33)35-22-7-3-6-20(28)14-22/h3-12,14,16,23-24,26-27,33H,13,15,17H2,1-2H3,(H,30,32)/t23-,24-,26+,27+/m1/s1. The second-order valence-corrected chi connectivity index (χ2v) is 8.81. The third-order valence-corrected chi connectivity index (χ3v) is 6.25. The first-order valence-electron chi connectivity index (χ1n) is 11.5. The van der Waals surface area contributed by atoms with Crippen LogP contribution >= 0.6 is 0 Å². The molecule has 35 heavy (non-hydrogen) atoms. The van der Waals surface area contributed by atoms with Crippen LogP contribution in [0.3, 0.4) is 0 Å². The van der Waals surface area contributed by atoms with E-state index in [-0.39, 0.29) is 18.4 Å². The summed E-state index contributed by atoms with van der Waals surface area (Å²) < 4.78 is 24.9. The maximum absolute atomic E-state index is 13.7. The lowest BCUT2D eigenvalue weighted by atomic mass is 10.1. The molecule has 8 heteroatoms. The van der Waals surface area contributed by atoms with Crippen LogP contribution in [0, 0.1) is 5.82 Å². The van der Waals surface area contributed by atoms with Crippen LogP contribution in [0.15, 0.2) is 73.1 Å². The Kier molecular flexibility index (Phi) is 7.94. The number of ether oxygens (including phenoxy) is 2. The smallest absolute Gasteiger partial charge is 0.224 e. The van der Waals surface area contributed by atoms with Crippen LogP contribution in [-0.2, 0) is 17.8 Å². The zero-order valence-electron chi connectivity index (χ0n) is 19.8. The minimum atomic E-state index is -0.898. The van der Waals surface area contributed by atoms with Gasteiger partial charge in [-0.2, -0.15) is 0 Å². The molecule has 0 unspecified atom stereocenters. The molecule has 1 aromatic heterocycles. The van der Waals surface area contributed by atoms with Crippen molar-refractivity contribution >= 4 is 5.91 Å². The summed E-state index contributed by atoms with van der Waals surface area (Å²) in [5.74, 6) is 0.531. The Bertz CT molecular complexity index is 1110. The van der Waals surface area contributed by atoms with Crippen molar-refractivity contribution in [2.45, 2.75) is 43.7 Å². The number of aliphatic hydroxyl groups excluding tert-OH is 1. The highest BCUT2D eigenvalue weighted by molar-refractivity contribution is 5.78. The molecule has 3 aromatic rings.